The molecular weight excluding hydrogens is 588 g/mol. The highest BCUT2D eigenvalue weighted by Crippen LogP contribution is 2.34. The van der Waals surface area contributed by atoms with Gasteiger partial charge < -0.3 is 33.9 Å². The minimum Gasteiger partial charge on any atom is -0.486 e. The first-order chi connectivity index (χ1) is 23.2. The maximum absolute atomic E-state index is 11.9. The second-order valence-corrected chi connectivity index (χ2v) is 14.5. The smallest absolute Gasteiger partial charge is 0.161 e. The van der Waals surface area contributed by atoms with Gasteiger partial charge in [-0.05, 0) is 112 Å². The fraction of sp³-hybridized carbons (Fsp3) is 0.700. The molecule has 1 aliphatic carbocycles. The van der Waals surface area contributed by atoms with Crippen LogP contribution in [0.5, 0.6) is 23.0 Å². The lowest BCUT2D eigenvalue weighted by molar-refractivity contribution is 0.0219. The monoisotopic (exact) mass is 648 g/mol. The maximum Gasteiger partial charge on any atom is 0.161 e. The number of aliphatic hydroxyl groups is 1. The van der Waals surface area contributed by atoms with Gasteiger partial charge in [0.1, 0.15) is 26.4 Å². The molecule has 2 fully saturated rings. The largest absolute Gasteiger partial charge is 0.486 e. The number of hydrogen-bond acceptors (Lipinski definition) is 7. The summed E-state index contributed by atoms with van der Waals surface area (Å²) in [5.41, 5.74) is 2.66. The van der Waals surface area contributed by atoms with E-state index in [-0.39, 0.29) is 6.10 Å². The van der Waals surface area contributed by atoms with Crippen molar-refractivity contribution >= 4 is 0 Å². The number of aliphatic hydroxyl groups excluding tert-OH is 1. The lowest BCUT2D eigenvalue weighted by Crippen LogP contribution is -2.43. The SMILES string of the molecule is OC1CN(CCCCc2ccc3c(c2)OCCO3)CCCN(CCCCc2ccc3c(c2)OCCO3)CC1C1CCCCCCCC1. The minimum absolute atomic E-state index is 0.253. The quantitative estimate of drug-likeness (QED) is 0.257. The van der Waals surface area contributed by atoms with Gasteiger partial charge in [-0.2, -0.15) is 0 Å². The van der Waals surface area contributed by atoms with Crippen LogP contribution in [-0.4, -0.2) is 86.7 Å². The molecule has 0 spiro atoms. The zero-order valence-electron chi connectivity index (χ0n) is 28.8. The summed E-state index contributed by atoms with van der Waals surface area (Å²) >= 11 is 0. The Labute approximate surface area is 283 Å². The van der Waals surface area contributed by atoms with Crippen LogP contribution in [0.1, 0.15) is 94.6 Å². The molecule has 3 heterocycles. The third kappa shape index (κ3) is 10.5. The van der Waals surface area contributed by atoms with Crippen molar-refractivity contribution in [1.82, 2.24) is 9.80 Å². The van der Waals surface area contributed by atoms with Gasteiger partial charge >= 0.3 is 0 Å². The molecule has 2 atom stereocenters. The Kier molecular flexibility index (Phi) is 13.4. The fourth-order valence-electron chi connectivity index (χ4n) is 8.30. The number of rotatable bonds is 11. The molecule has 2 aromatic carbocycles. The van der Waals surface area contributed by atoms with Gasteiger partial charge in [-0.15, -0.1) is 0 Å². The molecule has 0 bridgehead atoms. The number of hydrogen-bond donors (Lipinski definition) is 1. The number of β-amino-alcohol motifs (C(OH)–C–C–N with tert-alkyl or cyclic N) is 1. The van der Waals surface area contributed by atoms with E-state index in [1.165, 1.54) is 81.8 Å². The van der Waals surface area contributed by atoms with Crippen LogP contribution < -0.4 is 18.9 Å². The molecule has 3 aliphatic heterocycles. The molecule has 260 valence electrons. The average Bonchev–Trinajstić information content (AvgIpc) is 3.28. The van der Waals surface area contributed by atoms with E-state index in [0.717, 1.165) is 87.9 Å². The van der Waals surface area contributed by atoms with Gasteiger partial charge in [0, 0.05) is 19.0 Å². The lowest BCUT2D eigenvalue weighted by atomic mass is 9.80. The molecule has 1 saturated carbocycles. The van der Waals surface area contributed by atoms with Gasteiger partial charge in [-0.1, -0.05) is 63.5 Å². The second kappa shape index (κ2) is 18.3. The highest BCUT2D eigenvalue weighted by Gasteiger charge is 2.32. The molecule has 6 rings (SSSR count). The number of nitrogens with zero attached hydrogens (tertiary/aromatic N) is 2. The van der Waals surface area contributed by atoms with Crippen molar-refractivity contribution in [3.05, 3.63) is 47.5 Å². The van der Waals surface area contributed by atoms with E-state index >= 15 is 0 Å². The van der Waals surface area contributed by atoms with Crippen LogP contribution in [0.4, 0.5) is 0 Å². The summed E-state index contributed by atoms with van der Waals surface area (Å²) in [6.45, 7) is 8.81. The fourth-order valence-corrected chi connectivity index (χ4v) is 8.30. The second-order valence-electron chi connectivity index (χ2n) is 14.5. The van der Waals surface area contributed by atoms with Gasteiger partial charge in [0.2, 0.25) is 0 Å². The summed E-state index contributed by atoms with van der Waals surface area (Å²) in [5.74, 6) is 4.53. The first-order valence-corrected chi connectivity index (χ1v) is 19.1. The predicted molar refractivity (Wildman–Crippen MR) is 188 cm³/mol. The Balaban J connectivity index is 1.02. The average molecular weight is 649 g/mol. The zero-order chi connectivity index (χ0) is 32.1. The van der Waals surface area contributed by atoms with Crippen LogP contribution in [0.2, 0.25) is 0 Å². The summed E-state index contributed by atoms with van der Waals surface area (Å²) in [7, 11) is 0. The van der Waals surface area contributed by atoms with Gasteiger partial charge in [-0.3, -0.25) is 0 Å². The first-order valence-electron chi connectivity index (χ1n) is 19.1. The molecule has 7 heteroatoms. The molecule has 2 unspecified atom stereocenters. The molecule has 0 amide bonds. The summed E-state index contributed by atoms with van der Waals surface area (Å²) in [5, 5.41) is 11.9. The Morgan fingerprint density at radius 3 is 1.60 bits per heavy atom. The van der Waals surface area contributed by atoms with Crippen molar-refractivity contribution in [2.24, 2.45) is 11.8 Å². The molecule has 0 aromatic heterocycles. The van der Waals surface area contributed by atoms with E-state index in [2.05, 4.69) is 46.2 Å². The Morgan fingerprint density at radius 2 is 1.04 bits per heavy atom. The minimum atomic E-state index is -0.253. The van der Waals surface area contributed by atoms with Crippen LogP contribution >= 0.6 is 0 Å². The summed E-state index contributed by atoms with van der Waals surface area (Å²) in [6.07, 6.45) is 18.4. The topological polar surface area (TPSA) is 63.6 Å². The van der Waals surface area contributed by atoms with Crippen molar-refractivity contribution < 1.29 is 24.1 Å². The van der Waals surface area contributed by atoms with Gasteiger partial charge in [0.15, 0.2) is 23.0 Å². The van der Waals surface area contributed by atoms with E-state index in [1.54, 1.807) is 0 Å². The predicted octanol–water partition coefficient (Wildman–Crippen LogP) is 7.31. The Hall–Kier alpha value is -2.48. The number of unbranched alkanes of at least 4 members (excludes halogenated alkanes) is 2. The zero-order valence-corrected chi connectivity index (χ0v) is 28.8. The van der Waals surface area contributed by atoms with Crippen molar-refractivity contribution in [3.63, 3.8) is 0 Å². The number of ether oxygens (including phenoxy) is 4. The summed E-state index contributed by atoms with van der Waals surface area (Å²) < 4.78 is 23.0. The summed E-state index contributed by atoms with van der Waals surface area (Å²) in [6, 6.07) is 12.8. The molecule has 7 nitrogen and oxygen atoms in total. The van der Waals surface area contributed by atoms with Crippen molar-refractivity contribution in [2.75, 3.05) is 65.7 Å². The van der Waals surface area contributed by atoms with Crippen molar-refractivity contribution in [3.8, 4) is 23.0 Å². The Morgan fingerprint density at radius 1 is 0.553 bits per heavy atom. The normalized spacial score (nSPS) is 23.5. The van der Waals surface area contributed by atoms with E-state index in [1.807, 2.05) is 0 Å². The molecule has 1 saturated heterocycles. The van der Waals surface area contributed by atoms with E-state index in [4.69, 9.17) is 18.9 Å². The third-order valence-corrected chi connectivity index (χ3v) is 11.0. The molecule has 2 aromatic rings. The van der Waals surface area contributed by atoms with Crippen LogP contribution in [0.25, 0.3) is 0 Å². The standard InChI is InChI=1S/C40H60N2O5/c43-36-31-42(21-10-8-13-33-17-19-38-40(29-33)47-27-25-45-38)23-11-22-41(30-35(36)34-14-5-3-1-2-4-6-15-34)20-9-7-12-32-16-18-37-39(28-32)46-26-24-44-37/h16-19,28-29,34-36,43H,1-15,20-27,30-31H2. The molecule has 4 aliphatic rings. The van der Waals surface area contributed by atoms with Gasteiger partial charge in [0.25, 0.3) is 0 Å². The van der Waals surface area contributed by atoms with E-state index in [0.29, 0.717) is 38.3 Å². The van der Waals surface area contributed by atoms with E-state index < -0.39 is 0 Å². The maximum atomic E-state index is 11.9. The third-order valence-electron chi connectivity index (χ3n) is 11.0. The van der Waals surface area contributed by atoms with Crippen molar-refractivity contribution in [2.45, 2.75) is 102 Å². The molecule has 47 heavy (non-hydrogen) atoms. The van der Waals surface area contributed by atoms with Crippen molar-refractivity contribution in [1.29, 1.82) is 0 Å². The summed E-state index contributed by atoms with van der Waals surface area (Å²) in [4.78, 5) is 5.30. The highest BCUT2D eigenvalue weighted by atomic mass is 16.6. The molecule has 1 N–H and O–H groups in total. The van der Waals surface area contributed by atoms with Crippen LogP contribution in [-0.2, 0) is 12.8 Å². The van der Waals surface area contributed by atoms with Crippen LogP contribution in [0, 0.1) is 11.8 Å². The number of benzene rings is 2. The molecular formula is C40H60N2O5. The van der Waals surface area contributed by atoms with Gasteiger partial charge in [0.05, 0.1) is 6.10 Å². The highest BCUT2D eigenvalue weighted by molar-refractivity contribution is 5.44. The Bertz CT molecular complexity index is 1210. The first kappa shape index (κ1) is 34.4. The number of aryl methyl sites for hydroxylation is 2. The number of fused-ring (bicyclic) bond motifs is 2. The van der Waals surface area contributed by atoms with Crippen LogP contribution in [0.3, 0.4) is 0 Å². The van der Waals surface area contributed by atoms with Crippen LogP contribution in [0.15, 0.2) is 36.4 Å². The van der Waals surface area contributed by atoms with E-state index in [9.17, 15) is 5.11 Å². The molecule has 0 radical (unpaired) electrons. The lowest BCUT2D eigenvalue weighted by Gasteiger charge is -2.36. The van der Waals surface area contributed by atoms with Gasteiger partial charge in [-0.25, -0.2) is 0 Å².